The van der Waals surface area contributed by atoms with Gasteiger partial charge in [-0.2, -0.15) is 0 Å². The third-order valence-corrected chi connectivity index (χ3v) is 5.69. The van der Waals surface area contributed by atoms with Crippen molar-refractivity contribution in [1.82, 2.24) is 4.98 Å². The summed E-state index contributed by atoms with van der Waals surface area (Å²) in [6.07, 6.45) is 3.64. The molecule has 28 heavy (non-hydrogen) atoms. The quantitative estimate of drug-likeness (QED) is 0.773. The number of methoxy groups -OCH3 is 1. The number of pyridine rings is 1. The van der Waals surface area contributed by atoms with Gasteiger partial charge in [0.2, 0.25) is 5.91 Å². The average Bonchev–Trinajstić information content (AvgIpc) is 2.69. The van der Waals surface area contributed by atoms with Crippen LogP contribution in [0.2, 0.25) is 0 Å². The Hall–Kier alpha value is -2.67. The van der Waals surface area contributed by atoms with Crippen molar-refractivity contribution in [3.8, 4) is 11.5 Å². The summed E-state index contributed by atoms with van der Waals surface area (Å²) in [6.45, 7) is 0. The second kappa shape index (κ2) is 7.39. The summed E-state index contributed by atoms with van der Waals surface area (Å²) < 4.78 is 6.03. The van der Waals surface area contributed by atoms with Crippen molar-refractivity contribution >= 4 is 33.4 Å². The molecule has 144 valence electrons. The molecule has 0 fully saturated rings. The van der Waals surface area contributed by atoms with Crippen LogP contribution in [0.25, 0.3) is 0 Å². The first-order valence-electron chi connectivity index (χ1n) is 9.07. The van der Waals surface area contributed by atoms with Gasteiger partial charge in [0.05, 0.1) is 7.11 Å². The van der Waals surface area contributed by atoms with E-state index in [2.05, 4.69) is 20.9 Å². The van der Waals surface area contributed by atoms with Gasteiger partial charge in [-0.25, -0.2) is 4.98 Å². The van der Waals surface area contributed by atoms with Crippen molar-refractivity contribution in [2.24, 2.45) is 0 Å². The Morgan fingerprint density at radius 2 is 2.04 bits per heavy atom. The van der Waals surface area contributed by atoms with Crippen LogP contribution in [0.15, 0.2) is 52.3 Å². The number of ketones is 1. The molecule has 1 aromatic carbocycles. The Morgan fingerprint density at radius 3 is 2.75 bits per heavy atom. The minimum atomic E-state index is -0.350. The van der Waals surface area contributed by atoms with Crippen molar-refractivity contribution in [2.45, 2.75) is 31.6 Å². The van der Waals surface area contributed by atoms with Gasteiger partial charge in [-0.3, -0.25) is 14.5 Å². The molecular formula is C21H19BrN2O4. The molecule has 0 spiro atoms. The number of anilines is 1. The summed E-state index contributed by atoms with van der Waals surface area (Å²) in [6, 6.07) is 8.59. The first-order valence-corrected chi connectivity index (χ1v) is 9.86. The molecule has 0 saturated heterocycles. The number of halogens is 1. The molecule has 2 heterocycles. The smallest absolute Gasteiger partial charge is 0.233 e. The summed E-state index contributed by atoms with van der Waals surface area (Å²) in [5, 5.41) is 9.89. The number of carbonyl (C=O) groups is 2. The number of amides is 1. The second-order valence-electron chi connectivity index (χ2n) is 6.89. The molecule has 1 atom stereocenters. The van der Waals surface area contributed by atoms with Gasteiger partial charge in [-0.1, -0.05) is 6.07 Å². The molecule has 1 amide bonds. The molecule has 0 radical (unpaired) electrons. The Bertz CT molecular complexity index is 984. The topological polar surface area (TPSA) is 79.7 Å². The molecule has 1 unspecified atom stereocenters. The lowest BCUT2D eigenvalue weighted by molar-refractivity contribution is -0.120. The Kier molecular flexibility index (Phi) is 4.93. The lowest BCUT2D eigenvalue weighted by Crippen LogP contribution is -2.41. The molecule has 1 aliphatic heterocycles. The second-order valence-corrected chi connectivity index (χ2v) is 7.80. The Labute approximate surface area is 171 Å². The van der Waals surface area contributed by atoms with E-state index in [0.29, 0.717) is 36.4 Å². The van der Waals surface area contributed by atoms with Crippen LogP contribution in [0, 0.1) is 0 Å². The minimum Gasteiger partial charge on any atom is -0.504 e. The van der Waals surface area contributed by atoms with E-state index in [1.807, 2.05) is 6.07 Å². The number of rotatable bonds is 3. The summed E-state index contributed by atoms with van der Waals surface area (Å²) in [5.74, 6) is 0.493. The van der Waals surface area contributed by atoms with E-state index in [1.54, 1.807) is 29.3 Å². The van der Waals surface area contributed by atoms with Crippen LogP contribution in [0.5, 0.6) is 11.5 Å². The van der Waals surface area contributed by atoms with Gasteiger partial charge in [-0.05, 0) is 58.6 Å². The van der Waals surface area contributed by atoms with Crippen molar-refractivity contribution in [1.29, 1.82) is 0 Å². The summed E-state index contributed by atoms with van der Waals surface area (Å²) in [7, 11) is 1.47. The number of hydrogen-bond acceptors (Lipinski definition) is 5. The number of aromatic hydroxyl groups is 1. The number of phenols is 1. The van der Waals surface area contributed by atoms with Gasteiger partial charge < -0.3 is 9.84 Å². The fourth-order valence-corrected chi connectivity index (χ4v) is 4.19. The Balaban J connectivity index is 1.84. The molecule has 7 heteroatoms. The van der Waals surface area contributed by atoms with Crippen LogP contribution < -0.4 is 9.64 Å². The monoisotopic (exact) mass is 442 g/mol. The van der Waals surface area contributed by atoms with Crippen LogP contribution in [-0.4, -0.2) is 28.9 Å². The van der Waals surface area contributed by atoms with Gasteiger partial charge in [0.25, 0.3) is 0 Å². The largest absolute Gasteiger partial charge is 0.504 e. The van der Waals surface area contributed by atoms with E-state index in [9.17, 15) is 14.7 Å². The number of allylic oxidation sites excluding steroid dienone is 2. The highest BCUT2D eigenvalue weighted by atomic mass is 79.9. The van der Waals surface area contributed by atoms with Crippen molar-refractivity contribution in [2.75, 3.05) is 12.0 Å². The first-order chi connectivity index (χ1) is 13.5. The van der Waals surface area contributed by atoms with Gasteiger partial charge >= 0.3 is 0 Å². The van der Waals surface area contributed by atoms with Crippen LogP contribution >= 0.6 is 15.9 Å². The van der Waals surface area contributed by atoms with Gasteiger partial charge in [0.1, 0.15) is 5.82 Å². The van der Waals surface area contributed by atoms with Gasteiger partial charge in [0, 0.05) is 40.7 Å². The average molecular weight is 443 g/mol. The molecule has 4 rings (SSSR count). The number of aromatic nitrogens is 1. The maximum Gasteiger partial charge on any atom is 0.233 e. The lowest BCUT2D eigenvalue weighted by Gasteiger charge is -2.37. The number of phenolic OH excluding ortho intramolecular Hbond substituents is 1. The highest BCUT2D eigenvalue weighted by Crippen LogP contribution is 2.44. The van der Waals surface area contributed by atoms with Crippen molar-refractivity contribution < 1.29 is 19.4 Å². The molecule has 2 aromatic rings. The maximum atomic E-state index is 13.1. The van der Waals surface area contributed by atoms with Crippen molar-refractivity contribution in [3.63, 3.8) is 0 Å². The molecular weight excluding hydrogens is 424 g/mol. The zero-order chi connectivity index (χ0) is 19.8. The number of ether oxygens (including phenoxy) is 1. The zero-order valence-electron chi connectivity index (χ0n) is 15.3. The standard InChI is InChI=1S/C21H19BrN2O4/c1-28-18-9-12(5-7-16(18)25)14-10-20(27)24(19-8-6-13(22)11-23-19)15-3-2-4-17(26)21(14)15/h5-9,11,14,25H,2-4,10H2,1H3. The van der Waals surface area contributed by atoms with Crippen LogP contribution in [0.3, 0.4) is 0 Å². The first kappa shape index (κ1) is 18.7. The van der Waals surface area contributed by atoms with E-state index in [0.717, 1.165) is 15.7 Å². The summed E-state index contributed by atoms with van der Waals surface area (Å²) in [4.78, 5) is 31.9. The lowest BCUT2D eigenvalue weighted by atomic mass is 9.77. The molecule has 0 bridgehead atoms. The van der Waals surface area contributed by atoms with Crippen molar-refractivity contribution in [3.05, 3.63) is 57.8 Å². The molecule has 1 aliphatic carbocycles. The van der Waals surface area contributed by atoms with E-state index in [1.165, 1.54) is 13.2 Å². The van der Waals surface area contributed by atoms with E-state index >= 15 is 0 Å². The normalized spacial score (nSPS) is 19.6. The van der Waals surface area contributed by atoms with E-state index in [4.69, 9.17) is 4.74 Å². The van der Waals surface area contributed by atoms with E-state index < -0.39 is 0 Å². The SMILES string of the molecule is COc1cc(C2CC(=O)N(c3ccc(Br)cn3)C3=C2C(=O)CCC3)ccc1O. The number of Topliss-reactive ketones (excluding diaryl/α,β-unsaturated/α-hetero) is 1. The molecule has 0 saturated carbocycles. The zero-order valence-corrected chi connectivity index (χ0v) is 16.9. The highest BCUT2D eigenvalue weighted by molar-refractivity contribution is 9.10. The van der Waals surface area contributed by atoms with E-state index in [-0.39, 0.29) is 29.8 Å². The minimum absolute atomic E-state index is 0.0262. The third kappa shape index (κ3) is 3.20. The number of benzene rings is 1. The molecule has 6 nitrogen and oxygen atoms in total. The number of hydrogen-bond donors (Lipinski definition) is 1. The number of carbonyl (C=O) groups excluding carboxylic acids is 2. The molecule has 2 aliphatic rings. The number of nitrogens with zero attached hydrogens (tertiary/aromatic N) is 2. The van der Waals surface area contributed by atoms with Gasteiger partial charge in [-0.15, -0.1) is 0 Å². The fraction of sp³-hybridized carbons (Fsp3) is 0.286. The predicted octanol–water partition coefficient (Wildman–Crippen LogP) is 4.09. The highest BCUT2D eigenvalue weighted by Gasteiger charge is 2.40. The van der Waals surface area contributed by atoms with Crippen LogP contribution in [0.4, 0.5) is 5.82 Å². The predicted molar refractivity (Wildman–Crippen MR) is 107 cm³/mol. The van der Waals surface area contributed by atoms with Crippen LogP contribution in [0.1, 0.15) is 37.2 Å². The maximum absolute atomic E-state index is 13.1. The fourth-order valence-electron chi connectivity index (χ4n) is 3.95. The Morgan fingerprint density at radius 1 is 1.21 bits per heavy atom. The summed E-state index contributed by atoms with van der Waals surface area (Å²) >= 11 is 3.36. The van der Waals surface area contributed by atoms with Gasteiger partial charge in [0.15, 0.2) is 17.3 Å². The molecule has 1 N–H and O–H groups in total. The van der Waals surface area contributed by atoms with Crippen LogP contribution in [-0.2, 0) is 9.59 Å². The summed E-state index contributed by atoms with van der Waals surface area (Å²) in [5.41, 5.74) is 2.19. The third-order valence-electron chi connectivity index (χ3n) is 5.22. The molecule has 1 aromatic heterocycles.